The number of halogens is 4. The summed E-state index contributed by atoms with van der Waals surface area (Å²) in [6, 6.07) is 15.9. The summed E-state index contributed by atoms with van der Waals surface area (Å²) in [5.41, 5.74) is 0.576. The Morgan fingerprint density at radius 3 is 2.54 bits per heavy atom. The van der Waals surface area contributed by atoms with E-state index in [1.807, 2.05) is 6.07 Å². The number of pyridine rings is 1. The number of hydrogen-bond donors (Lipinski definition) is 1. The van der Waals surface area contributed by atoms with Crippen LogP contribution in [-0.2, 0) is 27.5 Å². The molecule has 2 heterocycles. The van der Waals surface area contributed by atoms with Crippen molar-refractivity contribution in [1.82, 2.24) is 4.98 Å². The van der Waals surface area contributed by atoms with E-state index in [-0.39, 0.29) is 55.5 Å². The first-order valence-electron chi connectivity index (χ1n) is 10.3. The molecule has 1 N–H and O–H groups in total. The average Bonchev–Trinajstić information content (AvgIpc) is 3.41. The molecule has 0 spiro atoms. The first-order valence-corrected chi connectivity index (χ1v) is 11.2. The standard InChI is InChI=1S/C25H13F4N2O2S.Pt/c26-19-14-10-16-24(18(14)20(27)22(29)21(19)28)31-25(34-16)12-4-1-5-13(9-12)33-17-8-7-11-3-2-6-15(32)23(11)30-17;/h1-8,16,24,32H,10H2;/q-1;/t16-,24-;/m1./s1. The second-order valence-corrected chi connectivity index (χ2v) is 9.14. The fraction of sp³-hybridized carbons (Fsp3) is 0.120. The predicted octanol–water partition coefficient (Wildman–Crippen LogP) is 6.25. The Balaban J connectivity index is 0.00000253. The molecule has 10 heteroatoms. The minimum Gasteiger partial charge on any atom is -0.506 e. The minimum atomic E-state index is -1.82. The van der Waals surface area contributed by atoms with Gasteiger partial charge in [0, 0.05) is 59.7 Å². The third-order valence-corrected chi connectivity index (χ3v) is 7.14. The van der Waals surface area contributed by atoms with Gasteiger partial charge in [-0.3, -0.25) is 0 Å². The van der Waals surface area contributed by atoms with Gasteiger partial charge in [-0.15, -0.1) is 23.8 Å². The fourth-order valence-corrected chi connectivity index (χ4v) is 5.59. The van der Waals surface area contributed by atoms with Gasteiger partial charge in [0.05, 0.1) is 6.04 Å². The van der Waals surface area contributed by atoms with Crippen LogP contribution in [0.25, 0.3) is 10.9 Å². The van der Waals surface area contributed by atoms with Crippen molar-refractivity contribution in [1.29, 1.82) is 0 Å². The second-order valence-electron chi connectivity index (χ2n) is 7.92. The Morgan fingerprint density at radius 2 is 1.71 bits per heavy atom. The van der Waals surface area contributed by atoms with Crippen LogP contribution in [0.2, 0.25) is 0 Å². The third-order valence-electron chi connectivity index (χ3n) is 5.86. The molecule has 0 saturated heterocycles. The summed E-state index contributed by atoms with van der Waals surface area (Å²) in [7, 11) is 0. The summed E-state index contributed by atoms with van der Waals surface area (Å²) in [6.07, 6.45) is 0.0400. The van der Waals surface area contributed by atoms with E-state index in [1.54, 1.807) is 36.4 Å². The molecule has 0 unspecified atom stereocenters. The van der Waals surface area contributed by atoms with Gasteiger partial charge in [0.1, 0.15) is 11.3 Å². The van der Waals surface area contributed by atoms with Gasteiger partial charge in [-0.1, -0.05) is 18.2 Å². The summed E-state index contributed by atoms with van der Waals surface area (Å²) < 4.78 is 61.9. The van der Waals surface area contributed by atoms with Crippen molar-refractivity contribution in [3.05, 3.63) is 94.6 Å². The number of phenolic OH excluding ortho intramolecular Hbond substituents is 1. The van der Waals surface area contributed by atoms with E-state index < -0.39 is 29.3 Å². The molecule has 3 aromatic carbocycles. The monoisotopic (exact) mass is 676 g/mol. The molecule has 0 amide bonds. The van der Waals surface area contributed by atoms with Crippen molar-refractivity contribution in [2.24, 2.45) is 4.99 Å². The predicted molar refractivity (Wildman–Crippen MR) is 119 cm³/mol. The van der Waals surface area contributed by atoms with E-state index in [2.05, 4.69) is 16.0 Å². The van der Waals surface area contributed by atoms with Crippen LogP contribution >= 0.6 is 11.8 Å². The van der Waals surface area contributed by atoms with Crippen molar-refractivity contribution in [3.63, 3.8) is 0 Å². The second kappa shape index (κ2) is 8.95. The van der Waals surface area contributed by atoms with Crippen LogP contribution < -0.4 is 4.74 Å². The molecule has 6 rings (SSSR count). The molecule has 1 aliphatic heterocycles. The summed E-state index contributed by atoms with van der Waals surface area (Å²) in [4.78, 5) is 8.81. The van der Waals surface area contributed by atoms with Gasteiger partial charge in [0.25, 0.3) is 0 Å². The number of aromatic nitrogens is 1. The van der Waals surface area contributed by atoms with E-state index in [4.69, 9.17) is 4.74 Å². The molecule has 0 saturated carbocycles. The molecule has 1 aromatic heterocycles. The summed E-state index contributed by atoms with van der Waals surface area (Å²) >= 11 is 1.28. The Bertz CT molecular complexity index is 1530. The molecule has 35 heavy (non-hydrogen) atoms. The number of aliphatic imine (C=N–C) groups is 1. The quantitative estimate of drug-likeness (QED) is 0.121. The number of aromatic hydroxyl groups is 1. The molecule has 0 fully saturated rings. The van der Waals surface area contributed by atoms with Crippen molar-refractivity contribution < 1.29 is 48.5 Å². The SMILES string of the molecule is Oc1cccc2ccc(Oc3[c-]c(C4=N[C@H]5c6c(F)c(F)c(F)c(F)c6C[C@H]5S4)ccc3)nc12.[Pt]. The smallest absolute Gasteiger partial charge is 0.217 e. The van der Waals surface area contributed by atoms with Crippen LogP contribution in [0.4, 0.5) is 17.6 Å². The zero-order valence-corrected chi connectivity index (χ0v) is 20.6. The zero-order chi connectivity index (χ0) is 23.6. The van der Waals surface area contributed by atoms with Crippen molar-refractivity contribution in [2.45, 2.75) is 17.7 Å². The fourth-order valence-electron chi connectivity index (χ4n) is 4.30. The van der Waals surface area contributed by atoms with Crippen molar-refractivity contribution in [2.75, 3.05) is 0 Å². The topological polar surface area (TPSA) is 54.7 Å². The van der Waals surface area contributed by atoms with Gasteiger partial charge in [0.2, 0.25) is 5.88 Å². The summed E-state index contributed by atoms with van der Waals surface area (Å²) in [5, 5.41) is 10.9. The third kappa shape index (κ3) is 3.91. The molecule has 1 aliphatic carbocycles. The van der Waals surface area contributed by atoms with E-state index in [0.29, 0.717) is 21.9 Å². The molecular weight excluding hydrogens is 663 g/mol. The first kappa shape index (κ1) is 23.8. The Kier molecular flexibility index (Phi) is 6.09. The minimum absolute atomic E-state index is 0. The number of thioether (sulfide) groups is 1. The zero-order valence-electron chi connectivity index (χ0n) is 17.5. The molecule has 2 atom stereocenters. The summed E-state index contributed by atoms with van der Waals surface area (Å²) in [5.74, 6) is -5.73. The van der Waals surface area contributed by atoms with Gasteiger partial charge in [-0.2, -0.15) is 11.8 Å². The van der Waals surface area contributed by atoms with E-state index in [1.165, 1.54) is 17.8 Å². The van der Waals surface area contributed by atoms with Crippen LogP contribution in [0.3, 0.4) is 0 Å². The van der Waals surface area contributed by atoms with Gasteiger partial charge < -0.3 is 14.8 Å². The molecule has 180 valence electrons. The van der Waals surface area contributed by atoms with E-state index in [9.17, 15) is 22.7 Å². The Morgan fingerprint density at radius 1 is 0.943 bits per heavy atom. The van der Waals surface area contributed by atoms with Gasteiger partial charge in [-0.25, -0.2) is 22.5 Å². The maximum atomic E-state index is 14.4. The van der Waals surface area contributed by atoms with Gasteiger partial charge in [0.15, 0.2) is 23.3 Å². The first-order chi connectivity index (χ1) is 16.4. The van der Waals surface area contributed by atoms with E-state index >= 15 is 0 Å². The maximum Gasteiger partial charge on any atom is 0.217 e. The maximum absolute atomic E-state index is 14.4. The van der Waals surface area contributed by atoms with Crippen LogP contribution in [0.15, 0.2) is 53.5 Å². The number of para-hydroxylation sites is 1. The number of fused-ring (bicyclic) bond motifs is 4. The van der Waals surface area contributed by atoms with Crippen LogP contribution in [0.1, 0.15) is 22.7 Å². The molecule has 2 aliphatic rings. The molecule has 4 nitrogen and oxygen atoms in total. The largest absolute Gasteiger partial charge is 0.506 e. The van der Waals surface area contributed by atoms with Crippen LogP contribution in [-0.4, -0.2) is 20.4 Å². The summed E-state index contributed by atoms with van der Waals surface area (Å²) in [6.45, 7) is 0. The number of phenols is 1. The van der Waals surface area contributed by atoms with Gasteiger partial charge >= 0.3 is 0 Å². The number of hydrogen-bond acceptors (Lipinski definition) is 5. The normalized spacial score (nSPS) is 18.1. The Labute approximate surface area is 215 Å². The van der Waals surface area contributed by atoms with Crippen LogP contribution in [0.5, 0.6) is 17.4 Å². The number of ether oxygens (including phenoxy) is 1. The Hall–Kier alpha value is -2.90. The van der Waals surface area contributed by atoms with Gasteiger partial charge in [-0.05, 0) is 18.6 Å². The average molecular weight is 677 g/mol. The van der Waals surface area contributed by atoms with Crippen molar-refractivity contribution >= 4 is 27.7 Å². The molecule has 4 aromatic rings. The molecule has 0 radical (unpaired) electrons. The van der Waals surface area contributed by atoms with Crippen LogP contribution in [0, 0.1) is 29.3 Å². The number of rotatable bonds is 3. The molecule has 0 bridgehead atoms. The number of nitrogens with zero attached hydrogens (tertiary/aromatic N) is 2. The molecular formula is C25H13F4N2O2PtS-. The number of benzene rings is 3. The van der Waals surface area contributed by atoms with Crippen molar-refractivity contribution in [3.8, 4) is 17.4 Å². The van der Waals surface area contributed by atoms with E-state index in [0.717, 1.165) is 5.39 Å².